The van der Waals surface area contributed by atoms with Crippen molar-refractivity contribution in [2.24, 2.45) is 0 Å². The maximum atomic E-state index is 6.03. The number of rotatable bonds is 7. The first-order valence-corrected chi connectivity index (χ1v) is 7.89. The molecule has 0 unspecified atom stereocenters. The SMILES string of the molecule is CC[C@H]([C@@H]1CCCCO1)N(CNC)Cc1ccccc1. The summed E-state index contributed by atoms with van der Waals surface area (Å²) in [6.45, 7) is 5.10. The van der Waals surface area contributed by atoms with Gasteiger partial charge in [-0.25, -0.2) is 0 Å². The van der Waals surface area contributed by atoms with Crippen LogP contribution in [0.3, 0.4) is 0 Å². The summed E-state index contributed by atoms with van der Waals surface area (Å²) in [6, 6.07) is 11.2. The van der Waals surface area contributed by atoms with E-state index in [-0.39, 0.29) is 0 Å². The number of hydrogen-bond donors (Lipinski definition) is 1. The zero-order valence-corrected chi connectivity index (χ0v) is 12.8. The van der Waals surface area contributed by atoms with Crippen molar-refractivity contribution in [3.63, 3.8) is 0 Å². The summed E-state index contributed by atoms with van der Waals surface area (Å²) in [5, 5.41) is 3.31. The van der Waals surface area contributed by atoms with Gasteiger partial charge >= 0.3 is 0 Å². The highest BCUT2D eigenvalue weighted by atomic mass is 16.5. The molecule has 0 spiro atoms. The minimum Gasteiger partial charge on any atom is -0.377 e. The maximum absolute atomic E-state index is 6.03. The molecule has 1 saturated heterocycles. The van der Waals surface area contributed by atoms with Crippen molar-refractivity contribution in [3.05, 3.63) is 35.9 Å². The molecule has 112 valence electrons. The largest absolute Gasteiger partial charge is 0.377 e. The Morgan fingerprint density at radius 2 is 2.10 bits per heavy atom. The molecule has 0 amide bonds. The lowest BCUT2D eigenvalue weighted by molar-refractivity contribution is -0.0467. The highest BCUT2D eigenvalue weighted by molar-refractivity contribution is 5.14. The van der Waals surface area contributed by atoms with Crippen molar-refractivity contribution in [2.45, 2.75) is 51.3 Å². The van der Waals surface area contributed by atoms with Crippen LogP contribution < -0.4 is 5.32 Å². The molecule has 1 aliphatic rings. The quantitative estimate of drug-likeness (QED) is 0.775. The molecule has 3 heteroatoms. The second-order valence-electron chi connectivity index (χ2n) is 5.62. The number of nitrogens with one attached hydrogen (secondary N) is 1. The molecule has 2 atom stereocenters. The van der Waals surface area contributed by atoms with Gasteiger partial charge in [0.1, 0.15) is 0 Å². The van der Waals surface area contributed by atoms with Crippen LogP contribution in [0.1, 0.15) is 38.2 Å². The summed E-state index contributed by atoms with van der Waals surface area (Å²) in [5.74, 6) is 0. The van der Waals surface area contributed by atoms with Crippen LogP contribution in [0.15, 0.2) is 30.3 Å². The van der Waals surface area contributed by atoms with Crippen LogP contribution in [-0.4, -0.2) is 37.4 Å². The monoisotopic (exact) mass is 276 g/mol. The summed E-state index contributed by atoms with van der Waals surface area (Å²) >= 11 is 0. The summed E-state index contributed by atoms with van der Waals surface area (Å²) in [4.78, 5) is 2.52. The van der Waals surface area contributed by atoms with Gasteiger partial charge in [-0.05, 0) is 38.3 Å². The van der Waals surface area contributed by atoms with Crippen LogP contribution in [0.2, 0.25) is 0 Å². The van der Waals surface area contributed by atoms with Gasteiger partial charge in [-0.2, -0.15) is 0 Å². The Kier molecular flexibility index (Phi) is 6.51. The highest BCUT2D eigenvalue weighted by Crippen LogP contribution is 2.22. The molecule has 0 aliphatic carbocycles. The minimum absolute atomic E-state index is 0.394. The summed E-state index contributed by atoms with van der Waals surface area (Å²) in [6.07, 6.45) is 5.26. The first-order chi connectivity index (χ1) is 9.85. The van der Waals surface area contributed by atoms with E-state index in [0.29, 0.717) is 12.1 Å². The predicted molar refractivity (Wildman–Crippen MR) is 83.6 cm³/mol. The van der Waals surface area contributed by atoms with Gasteiger partial charge in [0.15, 0.2) is 0 Å². The van der Waals surface area contributed by atoms with Gasteiger partial charge in [-0.3, -0.25) is 4.90 Å². The molecule has 1 heterocycles. The van der Waals surface area contributed by atoms with E-state index in [2.05, 4.69) is 47.5 Å². The Labute approximate surface area is 123 Å². The van der Waals surface area contributed by atoms with E-state index in [9.17, 15) is 0 Å². The number of ether oxygens (including phenoxy) is 1. The van der Waals surface area contributed by atoms with Gasteiger partial charge in [-0.15, -0.1) is 0 Å². The van der Waals surface area contributed by atoms with Crippen LogP contribution in [0.25, 0.3) is 0 Å². The van der Waals surface area contributed by atoms with Gasteiger partial charge < -0.3 is 10.1 Å². The van der Waals surface area contributed by atoms with Gasteiger partial charge in [0.2, 0.25) is 0 Å². The van der Waals surface area contributed by atoms with E-state index >= 15 is 0 Å². The molecule has 1 aromatic rings. The van der Waals surface area contributed by atoms with Crippen LogP contribution >= 0.6 is 0 Å². The van der Waals surface area contributed by atoms with E-state index in [4.69, 9.17) is 4.74 Å². The van der Waals surface area contributed by atoms with E-state index in [1.54, 1.807) is 0 Å². The lowest BCUT2D eigenvalue weighted by atomic mass is 9.98. The molecular formula is C17H28N2O. The molecule has 3 nitrogen and oxygen atoms in total. The lowest BCUT2D eigenvalue weighted by Gasteiger charge is -2.38. The fraction of sp³-hybridized carbons (Fsp3) is 0.647. The van der Waals surface area contributed by atoms with Crippen molar-refractivity contribution >= 4 is 0 Å². The predicted octanol–water partition coefficient (Wildman–Crippen LogP) is 3.01. The molecule has 1 fully saturated rings. The zero-order valence-electron chi connectivity index (χ0n) is 12.8. The number of nitrogens with zero attached hydrogens (tertiary/aromatic N) is 1. The van der Waals surface area contributed by atoms with Crippen LogP contribution in [-0.2, 0) is 11.3 Å². The molecule has 1 aromatic carbocycles. The Morgan fingerprint density at radius 3 is 2.70 bits per heavy atom. The first-order valence-electron chi connectivity index (χ1n) is 7.89. The fourth-order valence-electron chi connectivity index (χ4n) is 3.14. The molecule has 0 aromatic heterocycles. The second kappa shape index (κ2) is 8.40. The zero-order chi connectivity index (χ0) is 14.2. The summed E-state index contributed by atoms with van der Waals surface area (Å²) in [7, 11) is 2.02. The Morgan fingerprint density at radius 1 is 1.30 bits per heavy atom. The van der Waals surface area contributed by atoms with Crippen LogP contribution in [0.4, 0.5) is 0 Å². The molecule has 2 rings (SSSR count). The topological polar surface area (TPSA) is 24.5 Å². The van der Waals surface area contributed by atoms with Gasteiger partial charge in [0, 0.05) is 25.9 Å². The Balaban J connectivity index is 2.04. The molecule has 1 N–H and O–H groups in total. The minimum atomic E-state index is 0.394. The van der Waals surface area contributed by atoms with Crippen molar-refractivity contribution in [2.75, 3.05) is 20.3 Å². The van der Waals surface area contributed by atoms with Crippen molar-refractivity contribution in [3.8, 4) is 0 Å². The smallest absolute Gasteiger partial charge is 0.0730 e. The third-order valence-corrected chi connectivity index (χ3v) is 4.12. The van der Waals surface area contributed by atoms with Crippen molar-refractivity contribution in [1.82, 2.24) is 10.2 Å². The average Bonchev–Trinajstić information content (AvgIpc) is 2.50. The first kappa shape index (κ1) is 15.5. The van der Waals surface area contributed by atoms with E-state index in [1.165, 1.54) is 24.8 Å². The molecule has 1 aliphatic heterocycles. The van der Waals surface area contributed by atoms with Gasteiger partial charge in [0.05, 0.1) is 6.10 Å². The Hall–Kier alpha value is -0.900. The standard InChI is InChI=1S/C17H28N2O/c1-3-16(17-11-7-8-12-20-17)19(14-18-2)13-15-9-5-4-6-10-15/h4-6,9-10,16-18H,3,7-8,11-14H2,1-2H3/t16-,17+/m1/s1. The third kappa shape index (κ3) is 4.30. The second-order valence-corrected chi connectivity index (χ2v) is 5.62. The molecule has 0 radical (unpaired) electrons. The van der Waals surface area contributed by atoms with E-state index < -0.39 is 0 Å². The average molecular weight is 276 g/mol. The molecular weight excluding hydrogens is 248 g/mol. The fourth-order valence-corrected chi connectivity index (χ4v) is 3.14. The van der Waals surface area contributed by atoms with Crippen molar-refractivity contribution < 1.29 is 4.74 Å². The molecule has 0 saturated carbocycles. The van der Waals surface area contributed by atoms with Crippen LogP contribution in [0, 0.1) is 0 Å². The summed E-state index contributed by atoms with van der Waals surface area (Å²) in [5.41, 5.74) is 1.37. The van der Waals surface area contributed by atoms with Crippen molar-refractivity contribution in [1.29, 1.82) is 0 Å². The normalized spacial score (nSPS) is 21.1. The third-order valence-electron chi connectivity index (χ3n) is 4.12. The lowest BCUT2D eigenvalue weighted by Crippen LogP contribution is -2.48. The summed E-state index contributed by atoms with van der Waals surface area (Å²) < 4.78 is 6.03. The van der Waals surface area contributed by atoms with E-state index in [0.717, 1.165) is 26.2 Å². The van der Waals surface area contributed by atoms with Gasteiger partial charge in [0.25, 0.3) is 0 Å². The van der Waals surface area contributed by atoms with Gasteiger partial charge in [-0.1, -0.05) is 37.3 Å². The number of hydrogen-bond acceptors (Lipinski definition) is 3. The van der Waals surface area contributed by atoms with Crippen LogP contribution in [0.5, 0.6) is 0 Å². The Bertz CT molecular complexity index is 363. The van der Waals surface area contributed by atoms with E-state index in [1.807, 2.05) is 7.05 Å². The maximum Gasteiger partial charge on any atom is 0.0730 e. The molecule has 0 bridgehead atoms. The highest BCUT2D eigenvalue weighted by Gasteiger charge is 2.28. The molecule has 20 heavy (non-hydrogen) atoms. The number of benzene rings is 1.